The molecule has 0 bridgehead atoms. The molecule has 0 saturated carbocycles. The van der Waals surface area contributed by atoms with E-state index in [0.717, 1.165) is 6.26 Å². The molecule has 1 heterocycles. The van der Waals surface area contributed by atoms with E-state index in [1.807, 2.05) is 0 Å². The molecule has 1 amide bonds. The second-order valence-electron chi connectivity index (χ2n) is 3.83. The fraction of sp³-hybridized carbons (Fsp3) is 0.400. The first-order valence-corrected chi connectivity index (χ1v) is 7.32. The van der Waals surface area contributed by atoms with Crippen LogP contribution in [0.4, 0.5) is 0 Å². The van der Waals surface area contributed by atoms with E-state index in [9.17, 15) is 13.2 Å². The lowest BCUT2D eigenvalue weighted by Crippen LogP contribution is -2.37. The number of carbonyl (C=O) groups excluding carboxylic acids is 1. The Labute approximate surface area is 105 Å². The van der Waals surface area contributed by atoms with Gasteiger partial charge >= 0.3 is 0 Å². The Hall–Kier alpha value is -1.14. The maximum atomic E-state index is 11.7. The van der Waals surface area contributed by atoms with Crippen LogP contribution in [0.15, 0.2) is 18.3 Å². The highest BCUT2D eigenvalue weighted by Crippen LogP contribution is 2.07. The van der Waals surface area contributed by atoms with E-state index in [2.05, 4.69) is 10.3 Å². The standard InChI is InChI=1S/C10H13ClN2O3S/c1-7(6-17(2,15)16)13-10(14)8-3-4-12-9(11)5-8/h3-5,7H,6H2,1-2H3,(H,13,14). The molecule has 0 saturated heterocycles. The zero-order chi connectivity index (χ0) is 13.1. The molecule has 1 atom stereocenters. The molecule has 0 aliphatic carbocycles. The number of halogens is 1. The second kappa shape index (κ2) is 5.46. The Bertz CT molecular complexity index is 516. The smallest absolute Gasteiger partial charge is 0.251 e. The summed E-state index contributed by atoms with van der Waals surface area (Å²) in [5.74, 6) is -0.470. The fourth-order valence-corrected chi connectivity index (χ4v) is 2.51. The van der Waals surface area contributed by atoms with Gasteiger partial charge in [-0.05, 0) is 19.1 Å². The lowest BCUT2D eigenvalue weighted by molar-refractivity contribution is 0.0943. The normalized spacial score (nSPS) is 13.1. The summed E-state index contributed by atoms with van der Waals surface area (Å²) in [6, 6.07) is 2.47. The summed E-state index contributed by atoms with van der Waals surface area (Å²) in [7, 11) is -3.11. The Morgan fingerprint density at radius 3 is 2.76 bits per heavy atom. The predicted octanol–water partition coefficient (Wildman–Crippen LogP) is 0.898. The van der Waals surface area contributed by atoms with E-state index in [-0.39, 0.29) is 16.8 Å². The predicted molar refractivity (Wildman–Crippen MR) is 65.9 cm³/mol. The molecule has 1 aromatic rings. The minimum Gasteiger partial charge on any atom is -0.349 e. The molecule has 7 heteroatoms. The number of nitrogens with one attached hydrogen (secondary N) is 1. The summed E-state index contributed by atoms with van der Waals surface area (Å²) in [5, 5.41) is 2.79. The molecular formula is C10H13ClN2O3S. The van der Waals surface area contributed by atoms with Crippen LogP contribution in [0.2, 0.25) is 5.15 Å². The van der Waals surface area contributed by atoms with Crippen molar-refractivity contribution in [3.8, 4) is 0 Å². The van der Waals surface area contributed by atoms with Gasteiger partial charge in [0.05, 0.1) is 5.75 Å². The summed E-state index contributed by atoms with van der Waals surface area (Å²) >= 11 is 5.64. The largest absolute Gasteiger partial charge is 0.349 e. The second-order valence-corrected chi connectivity index (χ2v) is 6.41. The molecule has 0 aliphatic heterocycles. The molecule has 94 valence electrons. The summed E-state index contributed by atoms with van der Waals surface area (Å²) in [4.78, 5) is 15.5. The highest BCUT2D eigenvalue weighted by atomic mass is 35.5. The molecule has 0 radical (unpaired) electrons. The molecule has 1 rings (SSSR count). The van der Waals surface area contributed by atoms with Crippen LogP contribution >= 0.6 is 11.6 Å². The van der Waals surface area contributed by atoms with Crippen molar-refractivity contribution in [2.24, 2.45) is 0 Å². The lowest BCUT2D eigenvalue weighted by Gasteiger charge is -2.12. The van der Waals surface area contributed by atoms with Crippen molar-refractivity contribution in [2.45, 2.75) is 13.0 Å². The molecule has 0 aromatic carbocycles. The molecule has 17 heavy (non-hydrogen) atoms. The van der Waals surface area contributed by atoms with Crippen LogP contribution in [0.25, 0.3) is 0 Å². The summed E-state index contributed by atoms with van der Waals surface area (Å²) in [6.45, 7) is 1.63. The van der Waals surface area contributed by atoms with E-state index >= 15 is 0 Å². The average molecular weight is 277 g/mol. The average Bonchev–Trinajstić information content (AvgIpc) is 2.14. The number of amides is 1. The van der Waals surface area contributed by atoms with E-state index in [1.54, 1.807) is 6.92 Å². The van der Waals surface area contributed by atoms with E-state index in [1.165, 1.54) is 18.3 Å². The molecule has 1 unspecified atom stereocenters. The third kappa shape index (κ3) is 5.14. The van der Waals surface area contributed by atoms with Gasteiger partial charge < -0.3 is 5.32 Å². The van der Waals surface area contributed by atoms with Crippen molar-refractivity contribution in [3.05, 3.63) is 29.0 Å². The van der Waals surface area contributed by atoms with Crippen LogP contribution in [0.5, 0.6) is 0 Å². The number of rotatable bonds is 4. The first-order valence-electron chi connectivity index (χ1n) is 4.88. The maximum Gasteiger partial charge on any atom is 0.251 e. The van der Waals surface area contributed by atoms with Crippen molar-refractivity contribution in [1.82, 2.24) is 10.3 Å². The van der Waals surface area contributed by atoms with Crippen molar-refractivity contribution >= 4 is 27.3 Å². The van der Waals surface area contributed by atoms with E-state index in [4.69, 9.17) is 11.6 Å². The van der Waals surface area contributed by atoms with Gasteiger partial charge in [-0.1, -0.05) is 11.6 Å². The van der Waals surface area contributed by atoms with Gasteiger partial charge in [0.1, 0.15) is 15.0 Å². The SMILES string of the molecule is CC(CS(C)(=O)=O)NC(=O)c1ccnc(Cl)c1. The first-order chi connectivity index (χ1) is 7.78. The number of hydrogen-bond donors (Lipinski definition) is 1. The van der Waals surface area contributed by atoms with Crippen molar-refractivity contribution in [2.75, 3.05) is 12.0 Å². The van der Waals surface area contributed by atoms with Gasteiger partial charge in [0.15, 0.2) is 0 Å². The number of sulfone groups is 1. The Balaban J connectivity index is 2.67. The molecule has 5 nitrogen and oxygen atoms in total. The highest BCUT2D eigenvalue weighted by molar-refractivity contribution is 7.90. The zero-order valence-corrected chi connectivity index (χ0v) is 11.0. The monoisotopic (exact) mass is 276 g/mol. The molecule has 1 aromatic heterocycles. The quantitative estimate of drug-likeness (QED) is 0.829. The van der Waals surface area contributed by atoms with Crippen molar-refractivity contribution in [3.63, 3.8) is 0 Å². The van der Waals surface area contributed by atoms with Crippen LogP contribution in [-0.4, -0.2) is 37.4 Å². The van der Waals surface area contributed by atoms with Gasteiger partial charge in [0, 0.05) is 24.1 Å². The molecular weight excluding hydrogens is 264 g/mol. The van der Waals surface area contributed by atoms with E-state index < -0.39 is 15.9 Å². The molecule has 0 spiro atoms. The first kappa shape index (κ1) is 13.9. The van der Waals surface area contributed by atoms with Crippen molar-refractivity contribution < 1.29 is 13.2 Å². The zero-order valence-electron chi connectivity index (χ0n) is 9.47. The maximum absolute atomic E-state index is 11.7. The number of hydrogen-bond acceptors (Lipinski definition) is 4. The Morgan fingerprint density at radius 2 is 2.24 bits per heavy atom. The van der Waals surface area contributed by atoms with Crippen LogP contribution in [0, 0.1) is 0 Å². The fourth-order valence-electron chi connectivity index (χ4n) is 1.35. The van der Waals surface area contributed by atoms with Gasteiger partial charge in [-0.3, -0.25) is 4.79 Å². The third-order valence-electron chi connectivity index (χ3n) is 1.92. The van der Waals surface area contributed by atoms with Crippen LogP contribution in [0.3, 0.4) is 0 Å². The summed E-state index contributed by atoms with van der Waals surface area (Å²) < 4.78 is 22.1. The lowest BCUT2D eigenvalue weighted by atomic mass is 10.2. The summed E-state index contributed by atoms with van der Waals surface area (Å²) in [6.07, 6.45) is 2.54. The molecule has 1 N–H and O–H groups in total. The molecule has 0 aliphatic rings. The van der Waals surface area contributed by atoms with Crippen molar-refractivity contribution in [1.29, 1.82) is 0 Å². The molecule has 0 fully saturated rings. The van der Waals surface area contributed by atoms with E-state index in [0.29, 0.717) is 5.56 Å². The minimum atomic E-state index is -3.11. The van der Waals surface area contributed by atoms with Crippen LogP contribution in [0.1, 0.15) is 17.3 Å². The van der Waals surface area contributed by atoms with Gasteiger partial charge in [-0.15, -0.1) is 0 Å². The highest BCUT2D eigenvalue weighted by Gasteiger charge is 2.14. The topological polar surface area (TPSA) is 76.1 Å². The van der Waals surface area contributed by atoms with Gasteiger partial charge in [0.25, 0.3) is 5.91 Å². The Kier molecular flexibility index (Phi) is 4.47. The van der Waals surface area contributed by atoms with Gasteiger partial charge in [-0.25, -0.2) is 13.4 Å². The minimum absolute atomic E-state index is 0.0996. The number of carbonyl (C=O) groups is 1. The number of aromatic nitrogens is 1. The number of pyridine rings is 1. The Morgan fingerprint density at radius 1 is 1.59 bits per heavy atom. The van der Waals surface area contributed by atoms with Crippen LogP contribution in [-0.2, 0) is 9.84 Å². The van der Waals surface area contributed by atoms with Gasteiger partial charge in [-0.2, -0.15) is 0 Å². The summed E-state index contributed by atoms with van der Waals surface area (Å²) in [5.41, 5.74) is 0.352. The third-order valence-corrected chi connectivity index (χ3v) is 3.23. The van der Waals surface area contributed by atoms with Gasteiger partial charge in [0.2, 0.25) is 0 Å². The number of nitrogens with zero attached hydrogens (tertiary/aromatic N) is 1. The van der Waals surface area contributed by atoms with Crippen LogP contribution < -0.4 is 5.32 Å².